The lowest BCUT2D eigenvalue weighted by molar-refractivity contribution is -0.139. The van der Waals surface area contributed by atoms with Crippen molar-refractivity contribution in [1.82, 2.24) is 10.6 Å². The predicted octanol–water partition coefficient (Wildman–Crippen LogP) is 2.44. The van der Waals surface area contributed by atoms with Gasteiger partial charge in [0, 0.05) is 11.3 Å². The fraction of sp³-hybridized carbons (Fsp3) is 0.294. The summed E-state index contributed by atoms with van der Waals surface area (Å²) in [5.74, 6) is 0.107. The fourth-order valence-corrected chi connectivity index (χ4v) is 2.41. The van der Waals surface area contributed by atoms with E-state index in [1.54, 1.807) is 32.1 Å². The van der Waals surface area contributed by atoms with E-state index in [9.17, 15) is 9.59 Å². The van der Waals surface area contributed by atoms with Crippen LogP contribution in [0.4, 0.5) is 4.79 Å². The number of nitrogens with one attached hydrogen (secondary N) is 2. The molecule has 1 aliphatic rings. The normalized spacial score (nSPS) is 17.1. The standard InChI is InChI=1S/C17H20N2O4/c1-4-10-23-13-9-7-6-8-12(13)15-14(16(20)22-5-2)11(3)18-17(21)19-15/h4,6-9,15H,1,5,10H2,2-3H3,(H2,18,19,21)/t15-/m1/s1. The van der Waals surface area contributed by atoms with Crippen LogP contribution < -0.4 is 15.4 Å². The molecule has 1 aromatic carbocycles. The lowest BCUT2D eigenvalue weighted by Gasteiger charge is -2.29. The quantitative estimate of drug-likeness (QED) is 0.624. The molecule has 0 fully saturated rings. The lowest BCUT2D eigenvalue weighted by Crippen LogP contribution is -2.45. The van der Waals surface area contributed by atoms with Crippen molar-refractivity contribution in [3.63, 3.8) is 0 Å². The van der Waals surface area contributed by atoms with Crippen LogP contribution in [0.15, 0.2) is 48.2 Å². The zero-order valence-corrected chi connectivity index (χ0v) is 13.2. The SMILES string of the molecule is C=CCOc1ccccc1[C@H]1NC(=O)NC(C)=C1C(=O)OCC. The number of carbonyl (C=O) groups is 2. The van der Waals surface area contributed by atoms with E-state index in [4.69, 9.17) is 9.47 Å². The van der Waals surface area contributed by atoms with Gasteiger partial charge in [-0.1, -0.05) is 30.9 Å². The van der Waals surface area contributed by atoms with Crippen molar-refractivity contribution in [3.05, 3.63) is 53.8 Å². The number of amides is 2. The maximum atomic E-state index is 12.3. The van der Waals surface area contributed by atoms with Gasteiger partial charge in [-0.05, 0) is 19.9 Å². The first-order chi connectivity index (χ1) is 11.1. The van der Waals surface area contributed by atoms with Gasteiger partial charge >= 0.3 is 12.0 Å². The first-order valence-electron chi connectivity index (χ1n) is 7.36. The molecule has 6 nitrogen and oxygen atoms in total. The number of para-hydroxylation sites is 1. The molecule has 2 rings (SSSR count). The van der Waals surface area contributed by atoms with Crippen LogP contribution in [0.2, 0.25) is 0 Å². The first-order valence-corrected chi connectivity index (χ1v) is 7.36. The third kappa shape index (κ3) is 3.71. The molecule has 0 saturated heterocycles. The number of hydrogen-bond donors (Lipinski definition) is 2. The van der Waals surface area contributed by atoms with E-state index in [1.807, 2.05) is 12.1 Å². The van der Waals surface area contributed by atoms with Crippen molar-refractivity contribution in [2.75, 3.05) is 13.2 Å². The van der Waals surface area contributed by atoms with Gasteiger partial charge in [-0.25, -0.2) is 9.59 Å². The molecule has 122 valence electrons. The van der Waals surface area contributed by atoms with Crippen molar-refractivity contribution in [3.8, 4) is 5.75 Å². The number of benzene rings is 1. The van der Waals surface area contributed by atoms with Gasteiger partial charge in [-0.15, -0.1) is 0 Å². The van der Waals surface area contributed by atoms with Crippen molar-refractivity contribution >= 4 is 12.0 Å². The smallest absolute Gasteiger partial charge is 0.338 e. The number of hydrogen-bond acceptors (Lipinski definition) is 4. The van der Waals surface area contributed by atoms with Crippen molar-refractivity contribution in [1.29, 1.82) is 0 Å². The van der Waals surface area contributed by atoms with Gasteiger partial charge in [-0.3, -0.25) is 0 Å². The highest BCUT2D eigenvalue weighted by molar-refractivity contribution is 5.95. The summed E-state index contributed by atoms with van der Waals surface area (Å²) in [6.07, 6.45) is 1.63. The van der Waals surface area contributed by atoms with Crippen LogP contribution in [-0.4, -0.2) is 25.2 Å². The Hall–Kier alpha value is -2.76. The van der Waals surface area contributed by atoms with Crippen LogP contribution in [0.1, 0.15) is 25.5 Å². The molecule has 0 saturated carbocycles. The molecule has 1 heterocycles. The Bertz CT molecular complexity index is 652. The average molecular weight is 316 g/mol. The minimum atomic E-state index is -0.635. The molecule has 23 heavy (non-hydrogen) atoms. The van der Waals surface area contributed by atoms with Gasteiger partial charge in [0.1, 0.15) is 12.4 Å². The largest absolute Gasteiger partial charge is 0.489 e. The summed E-state index contributed by atoms with van der Waals surface area (Å²) in [7, 11) is 0. The van der Waals surface area contributed by atoms with Crippen molar-refractivity contribution in [2.24, 2.45) is 0 Å². The molecule has 1 aromatic rings. The Balaban J connectivity index is 2.46. The Labute approximate surface area is 135 Å². The molecular weight excluding hydrogens is 296 g/mol. The second-order valence-corrected chi connectivity index (χ2v) is 4.93. The molecule has 2 N–H and O–H groups in total. The number of carbonyl (C=O) groups excluding carboxylic acids is 2. The highest BCUT2D eigenvalue weighted by atomic mass is 16.5. The number of allylic oxidation sites excluding steroid dienone is 1. The third-order valence-electron chi connectivity index (χ3n) is 3.35. The molecule has 0 radical (unpaired) electrons. The molecular formula is C17H20N2O4. The maximum absolute atomic E-state index is 12.3. The second-order valence-electron chi connectivity index (χ2n) is 4.93. The minimum Gasteiger partial charge on any atom is -0.489 e. The summed E-state index contributed by atoms with van der Waals surface area (Å²) in [5.41, 5.74) is 1.52. The molecule has 1 atom stereocenters. The zero-order chi connectivity index (χ0) is 16.8. The summed E-state index contributed by atoms with van der Waals surface area (Å²) in [6, 6.07) is 6.23. The molecule has 0 spiro atoms. The maximum Gasteiger partial charge on any atom is 0.338 e. The monoisotopic (exact) mass is 316 g/mol. The van der Waals surface area contributed by atoms with Gasteiger partial charge in [-0.2, -0.15) is 0 Å². The molecule has 0 unspecified atom stereocenters. The van der Waals surface area contributed by atoms with E-state index < -0.39 is 12.0 Å². The minimum absolute atomic E-state index is 0.255. The number of urea groups is 1. The molecule has 6 heteroatoms. The van der Waals surface area contributed by atoms with E-state index in [0.717, 1.165) is 0 Å². The highest BCUT2D eigenvalue weighted by Gasteiger charge is 2.33. The summed E-state index contributed by atoms with van der Waals surface area (Å²) in [5, 5.41) is 5.36. The average Bonchev–Trinajstić information content (AvgIpc) is 2.52. The predicted molar refractivity (Wildman–Crippen MR) is 85.9 cm³/mol. The van der Waals surface area contributed by atoms with Crippen LogP contribution >= 0.6 is 0 Å². The van der Waals surface area contributed by atoms with Gasteiger partial charge in [0.05, 0.1) is 18.2 Å². The molecule has 0 aliphatic carbocycles. The second kappa shape index (κ2) is 7.49. The van der Waals surface area contributed by atoms with Crippen LogP contribution in [0.5, 0.6) is 5.75 Å². The Morgan fingerprint density at radius 1 is 1.39 bits per heavy atom. The molecule has 2 amide bonds. The number of ether oxygens (including phenoxy) is 2. The fourth-order valence-electron chi connectivity index (χ4n) is 2.41. The Morgan fingerprint density at radius 2 is 2.13 bits per heavy atom. The number of rotatable bonds is 6. The van der Waals surface area contributed by atoms with Crippen LogP contribution in [0.25, 0.3) is 0 Å². The third-order valence-corrected chi connectivity index (χ3v) is 3.35. The Kier molecular flexibility index (Phi) is 5.41. The van der Waals surface area contributed by atoms with Crippen LogP contribution in [-0.2, 0) is 9.53 Å². The topological polar surface area (TPSA) is 76.7 Å². The van der Waals surface area contributed by atoms with Crippen LogP contribution in [0, 0.1) is 0 Å². The zero-order valence-electron chi connectivity index (χ0n) is 13.2. The van der Waals surface area contributed by atoms with Crippen molar-refractivity contribution < 1.29 is 19.1 Å². The Morgan fingerprint density at radius 3 is 2.83 bits per heavy atom. The van der Waals surface area contributed by atoms with Crippen molar-refractivity contribution in [2.45, 2.75) is 19.9 Å². The summed E-state index contributed by atoms with van der Waals surface area (Å²) in [6.45, 7) is 7.61. The molecule has 0 aromatic heterocycles. The molecule has 0 bridgehead atoms. The van der Waals surface area contributed by atoms with E-state index in [1.165, 1.54) is 0 Å². The van der Waals surface area contributed by atoms with Gasteiger partial charge in [0.15, 0.2) is 0 Å². The van der Waals surface area contributed by atoms with Crippen LogP contribution in [0.3, 0.4) is 0 Å². The summed E-state index contributed by atoms with van der Waals surface area (Å²) >= 11 is 0. The van der Waals surface area contributed by atoms with E-state index in [-0.39, 0.29) is 12.6 Å². The van der Waals surface area contributed by atoms with Gasteiger partial charge < -0.3 is 20.1 Å². The van der Waals surface area contributed by atoms with E-state index in [0.29, 0.717) is 29.2 Å². The number of esters is 1. The van der Waals surface area contributed by atoms with E-state index >= 15 is 0 Å². The van der Waals surface area contributed by atoms with E-state index in [2.05, 4.69) is 17.2 Å². The molecule has 1 aliphatic heterocycles. The first kappa shape index (κ1) is 16.6. The summed E-state index contributed by atoms with van der Waals surface area (Å²) in [4.78, 5) is 24.1. The van der Waals surface area contributed by atoms with Gasteiger partial charge in [0.2, 0.25) is 0 Å². The lowest BCUT2D eigenvalue weighted by atomic mass is 9.95. The van der Waals surface area contributed by atoms with Gasteiger partial charge in [0.25, 0.3) is 0 Å². The highest BCUT2D eigenvalue weighted by Crippen LogP contribution is 2.33. The summed E-state index contributed by atoms with van der Waals surface area (Å²) < 4.78 is 10.7.